The molecule has 2 rings (SSSR count). The van der Waals surface area contributed by atoms with Crippen LogP contribution >= 0.6 is 11.3 Å². The van der Waals surface area contributed by atoms with Gasteiger partial charge < -0.3 is 15.7 Å². The van der Waals surface area contributed by atoms with Crippen molar-refractivity contribution in [1.82, 2.24) is 10.6 Å². The third-order valence-corrected chi connectivity index (χ3v) is 6.61. The molecule has 0 spiro atoms. The molecule has 0 bridgehead atoms. The summed E-state index contributed by atoms with van der Waals surface area (Å²) in [5, 5.41) is 17.5. The van der Waals surface area contributed by atoms with Gasteiger partial charge in [0.15, 0.2) is 15.8 Å². The summed E-state index contributed by atoms with van der Waals surface area (Å²) in [5.74, 6) is 0.703. The number of nitrogens with one attached hydrogen (secondary N) is 2. The van der Waals surface area contributed by atoms with E-state index in [0.29, 0.717) is 19.0 Å². The van der Waals surface area contributed by atoms with E-state index < -0.39 is 15.9 Å². The number of nitrogens with zero attached hydrogens (tertiary/aromatic N) is 1. The third-order valence-electron chi connectivity index (χ3n) is 3.68. The van der Waals surface area contributed by atoms with Crippen molar-refractivity contribution >= 4 is 37.2 Å². The van der Waals surface area contributed by atoms with Crippen LogP contribution in [0.3, 0.4) is 0 Å². The Morgan fingerprint density at radius 3 is 2.72 bits per heavy atom. The quantitative estimate of drug-likeness (QED) is 0.479. The van der Waals surface area contributed by atoms with Crippen LogP contribution in [-0.4, -0.2) is 50.6 Å². The van der Waals surface area contributed by atoms with Gasteiger partial charge in [-0.25, -0.2) is 8.42 Å². The minimum Gasteiger partial charge on any atom is -0.386 e. The molecule has 0 aliphatic carbocycles. The highest BCUT2D eigenvalue weighted by Gasteiger charge is 2.12. The van der Waals surface area contributed by atoms with Gasteiger partial charge in [-0.15, -0.1) is 11.3 Å². The number of aliphatic hydroxyl groups is 1. The van der Waals surface area contributed by atoms with Crippen molar-refractivity contribution in [2.45, 2.75) is 20.0 Å². The largest absolute Gasteiger partial charge is 0.386 e. The lowest BCUT2D eigenvalue weighted by Gasteiger charge is -2.12. The molecule has 0 amide bonds. The third kappa shape index (κ3) is 5.98. The SMILES string of the molecule is CCNC(=NCC(O)c1cc2ccccc2s1)NCCS(=O)(=O)CC. The van der Waals surface area contributed by atoms with E-state index in [-0.39, 0.29) is 18.1 Å². The molecule has 0 aliphatic rings. The molecular weight excluding hydrogens is 358 g/mol. The van der Waals surface area contributed by atoms with Crippen molar-refractivity contribution in [1.29, 1.82) is 0 Å². The summed E-state index contributed by atoms with van der Waals surface area (Å²) in [5.41, 5.74) is 0. The number of guanidine groups is 1. The lowest BCUT2D eigenvalue weighted by molar-refractivity contribution is 0.191. The Balaban J connectivity index is 1.97. The van der Waals surface area contributed by atoms with Crippen LogP contribution in [0.2, 0.25) is 0 Å². The molecule has 1 heterocycles. The molecule has 0 radical (unpaired) electrons. The lowest BCUT2D eigenvalue weighted by Crippen LogP contribution is -2.40. The number of sulfone groups is 1. The molecule has 1 aromatic heterocycles. The number of hydrogen-bond donors (Lipinski definition) is 3. The molecule has 1 unspecified atom stereocenters. The number of aliphatic hydroxyl groups excluding tert-OH is 1. The molecule has 1 aromatic carbocycles. The zero-order chi connectivity index (χ0) is 18.3. The molecule has 0 aliphatic heterocycles. The summed E-state index contributed by atoms with van der Waals surface area (Å²) in [7, 11) is -3.01. The number of rotatable bonds is 8. The molecular formula is C17H25N3O3S2. The van der Waals surface area contributed by atoms with Crippen molar-refractivity contribution in [3.8, 4) is 0 Å². The molecule has 25 heavy (non-hydrogen) atoms. The highest BCUT2D eigenvalue weighted by Crippen LogP contribution is 2.29. The minimum absolute atomic E-state index is 0.0623. The van der Waals surface area contributed by atoms with Gasteiger partial charge in [0, 0.05) is 28.4 Å². The summed E-state index contributed by atoms with van der Waals surface area (Å²) in [6.45, 7) is 4.73. The van der Waals surface area contributed by atoms with Crippen molar-refractivity contribution in [3.05, 3.63) is 35.2 Å². The number of hydrogen-bond acceptors (Lipinski definition) is 5. The van der Waals surface area contributed by atoms with Gasteiger partial charge in [0.2, 0.25) is 0 Å². The topological polar surface area (TPSA) is 90.8 Å². The van der Waals surface area contributed by atoms with Crippen LogP contribution in [0.1, 0.15) is 24.8 Å². The van der Waals surface area contributed by atoms with Gasteiger partial charge in [-0.1, -0.05) is 25.1 Å². The van der Waals surface area contributed by atoms with Crippen LogP contribution in [0.4, 0.5) is 0 Å². The average molecular weight is 384 g/mol. The number of thiophene rings is 1. The molecule has 1 atom stereocenters. The van der Waals surface area contributed by atoms with Crippen LogP contribution in [0, 0.1) is 0 Å². The zero-order valence-corrected chi connectivity index (χ0v) is 16.2. The monoisotopic (exact) mass is 383 g/mol. The average Bonchev–Trinajstić information content (AvgIpc) is 3.03. The van der Waals surface area contributed by atoms with Crippen LogP contribution in [0.25, 0.3) is 10.1 Å². The Morgan fingerprint density at radius 2 is 2.04 bits per heavy atom. The second-order valence-corrected chi connectivity index (χ2v) is 9.17. The Morgan fingerprint density at radius 1 is 1.28 bits per heavy atom. The summed E-state index contributed by atoms with van der Waals surface area (Å²) in [6, 6.07) is 9.98. The van der Waals surface area contributed by atoms with Gasteiger partial charge in [-0.3, -0.25) is 4.99 Å². The maximum atomic E-state index is 11.5. The molecule has 0 fully saturated rings. The van der Waals surface area contributed by atoms with E-state index in [9.17, 15) is 13.5 Å². The van der Waals surface area contributed by atoms with Gasteiger partial charge in [0.1, 0.15) is 6.10 Å². The second kappa shape index (κ2) is 9.17. The smallest absolute Gasteiger partial charge is 0.191 e. The second-order valence-electron chi connectivity index (χ2n) is 5.59. The molecule has 0 saturated heterocycles. The molecule has 2 aromatic rings. The van der Waals surface area contributed by atoms with Gasteiger partial charge >= 0.3 is 0 Å². The van der Waals surface area contributed by atoms with Gasteiger partial charge in [0.25, 0.3) is 0 Å². The van der Waals surface area contributed by atoms with Gasteiger partial charge in [0.05, 0.1) is 12.3 Å². The first kappa shape index (κ1) is 19.7. The number of fused-ring (bicyclic) bond motifs is 1. The first-order chi connectivity index (χ1) is 11.9. The van der Waals surface area contributed by atoms with E-state index in [2.05, 4.69) is 15.6 Å². The van der Waals surface area contributed by atoms with E-state index >= 15 is 0 Å². The van der Waals surface area contributed by atoms with Gasteiger partial charge in [-0.2, -0.15) is 0 Å². The lowest BCUT2D eigenvalue weighted by atomic mass is 10.2. The fraction of sp³-hybridized carbons (Fsp3) is 0.471. The maximum absolute atomic E-state index is 11.5. The zero-order valence-electron chi connectivity index (χ0n) is 14.5. The Labute approximate surface area is 152 Å². The molecule has 0 saturated carbocycles. The Hall–Kier alpha value is -1.64. The molecule has 8 heteroatoms. The number of benzene rings is 1. The molecule has 6 nitrogen and oxygen atoms in total. The summed E-state index contributed by atoms with van der Waals surface area (Å²) < 4.78 is 24.2. The molecule has 3 N–H and O–H groups in total. The van der Waals surface area contributed by atoms with Crippen LogP contribution in [-0.2, 0) is 9.84 Å². The van der Waals surface area contributed by atoms with E-state index in [1.165, 1.54) is 0 Å². The highest BCUT2D eigenvalue weighted by atomic mass is 32.2. The fourth-order valence-corrected chi connectivity index (χ4v) is 3.99. The Kier molecular flexibility index (Phi) is 7.22. The van der Waals surface area contributed by atoms with Gasteiger partial charge in [-0.05, 0) is 24.4 Å². The maximum Gasteiger partial charge on any atom is 0.191 e. The van der Waals surface area contributed by atoms with Crippen LogP contribution < -0.4 is 10.6 Å². The van der Waals surface area contributed by atoms with Crippen molar-refractivity contribution < 1.29 is 13.5 Å². The van der Waals surface area contributed by atoms with Crippen LogP contribution in [0.5, 0.6) is 0 Å². The first-order valence-electron chi connectivity index (χ1n) is 8.34. The van der Waals surface area contributed by atoms with Crippen LogP contribution in [0.15, 0.2) is 35.3 Å². The van der Waals surface area contributed by atoms with E-state index in [4.69, 9.17) is 0 Å². The predicted molar refractivity (Wildman–Crippen MR) is 105 cm³/mol. The standard InChI is InChI=1S/C17H25N3O3S2/c1-3-18-17(19-9-10-25(22,23)4-2)20-12-14(21)16-11-13-7-5-6-8-15(13)24-16/h5-8,11,14,21H,3-4,9-10,12H2,1-2H3,(H2,18,19,20). The van der Waals surface area contributed by atoms with E-state index in [1.54, 1.807) is 18.3 Å². The first-order valence-corrected chi connectivity index (χ1v) is 11.0. The normalized spacial score (nSPS) is 13.8. The molecule has 138 valence electrons. The van der Waals surface area contributed by atoms with Crippen molar-refractivity contribution in [2.24, 2.45) is 4.99 Å². The van der Waals surface area contributed by atoms with E-state index in [1.807, 2.05) is 37.3 Å². The fourth-order valence-electron chi connectivity index (χ4n) is 2.25. The number of aliphatic imine (C=N–C) groups is 1. The van der Waals surface area contributed by atoms with E-state index in [0.717, 1.165) is 15.0 Å². The summed E-state index contributed by atoms with van der Waals surface area (Å²) in [4.78, 5) is 5.23. The summed E-state index contributed by atoms with van der Waals surface area (Å²) in [6.07, 6.45) is -0.688. The highest BCUT2D eigenvalue weighted by molar-refractivity contribution is 7.91. The van der Waals surface area contributed by atoms with Crippen molar-refractivity contribution in [3.63, 3.8) is 0 Å². The minimum atomic E-state index is -3.01. The predicted octanol–water partition coefficient (Wildman–Crippen LogP) is 1.92. The Bertz CT molecular complexity index is 782. The summed E-state index contributed by atoms with van der Waals surface area (Å²) >= 11 is 1.56. The van der Waals surface area contributed by atoms with Crippen molar-refractivity contribution in [2.75, 3.05) is 31.1 Å².